The minimum Gasteiger partial charge on any atom is -0.494 e. The first-order valence-corrected chi connectivity index (χ1v) is 6.09. The SMILES string of the molecule is CCOc1ccc(NC(=O)CNC(=O)[C@@H](C)N)cc1.Cl. The number of rotatable bonds is 6. The van der Waals surface area contributed by atoms with E-state index in [4.69, 9.17) is 10.5 Å². The summed E-state index contributed by atoms with van der Waals surface area (Å²) in [6.07, 6.45) is 0. The van der Waals surface area contributed by atoms with Crippen molar-refractivity contribution in [2.24, 2.45) is 5.73 Å². The van der Waals surface area contributed by atoms with E-state index in [-0.39, 0.29) is 30.8 Å². The molecule has 0 saturated heterocycles. The third kappa shape index (κ3) is 6.40. The number of nitrogens with two attached hydrogens (primary N) is 1. The maximum atomic E-state index is 11.6. The summed E-state index contributed by atoms with van der Waals surface area (Å²) in [7, 11) is 0. The van der Waals surface area contributed by atoms with Crippen molar-refractivity contribution in [3.05, 3.63) is 24.3 Å². The molecule has 0 unspecified atom stereocenters. The molecule has 0 saturated carbocycles. The molecule has 1 atom stereocenters. The van der Waals surface area contributed by atoms with Crippen LogP contribution in [0.15, 0.2) is 24.3 Å². The number of carbonyl (C=O) groups excluding carboxylic acids is 2. The highest BCUT2D eigenvalue weighted by atomic mass is 35.5. The fourth-order valence-electron chi connectivity index (χ4n) is 1.33. The molecule has 1 aromatic rings. The molecule has 0 aromatic heterocycles. The molecule has 0 aliphatic heterocycles. The Morgan fingerprint density at radius 3 is 2.40 bits per heavy atom. The number of carbonyl (C=O) groups is 2. The van der Waals surface area contributed by atoms with E-state index in [1.165, 1.54) is 0 Å². The predicted octanol–water partition coefficient (Wildman–Crippen LogP) is 0.909. The molecule has 7 heteroatoms. The number of nitrogens with one attached hydrogen (secondary N) is 2. The quantitative estimate of drug-likeness (QED) is 0.728. The van der Waals surface area contributed by atoms with Gasteiger partial charge in [0.05, 0.1) is 19.2 Å². The van der Waals surface area contributed by atoms with Crippen molar-refractivity contribution in [2.45, 2.75) is 19.9 Å². The Hall–Kier alpha value is -1.79. The van der Waals surface area contributed by atoms with Crippen molar-refractivity contribution in [3.8, 4) is 5.75 Å². The van der Waals surface area contributed by atoms with Crippen LogP contribution in [-0.4, -0.2) is 31.0 Å². The van der Waals surface area contributed by atoms with Crippen LogP contribution in [-0.2, 0) is 9.59 Å². The Morgan fingerprint density at radius 1 is 1.30 bits per heavy atom. The number of benzene rings is 1. The van der Waals surface area contributed by atoms with E-state index < -0.39 is 6.04 Å². The van der Waals surface area contributed by atoms with Crippen LogP contribution in [0.5, 0.6) is 5.75 Å². The zero-order chi connectivity index (χ0) is 14.3. The second-order valence-electron chi connectivity index (χ2n) is 4.01. The Morgan fingerprint density at radius 2 is 1.90 bits per heavy atom. The first-order chi connectivity index (χ1) is 9.02. The van der Waals surface area contributed by atoms with E-state index in [2.05, 4.69) is 10.6 Å². The van der Waals surface area contributed by atoms with E-state index in [1.807, 2.05) is 6.92 Å². The zero-order valence-electron chi connectivity index (χ0n) is 11.5. The molecular weight excluding hydrogens is 282 g/mol. The lowest BCUT2D eigenvalue weighted by Crippen LogP contribution is -2.41. The van der Waals surface area contributed by atoms with Gasteiger partial charge in [-0.2, -0.15) is 0 Å². The lowest BCUT2D eigenvalue weighted by Gasteiger charge is -2.09. The van der Waals surface area contributed by atoms with Crippen LogP contribution in [0.4, 0.5) is 5.69 Å². The van der Waals surface area contributed by atoms with Gasteiger partial charge in [0.1, 0.15) is 5.75 Å². The summed E-state index contributed by atoms with van der Waals surface area (Å²) < 4.78 is 5.29. The van der Waals surface area contributed by atoms with Gasteiger partial charge in [0, 0.05) is 5.69 Å². The third-order valence-corrected chi connectivity index (χ3v) is 2.29. The van der Waals surface area contributed by atoms with Gasteiger partial charge in [-0.05, 0) is 38.1 Å². The fraction of sp³-hybridized carbons (Fsp3) is 0.385. The van der Waals surface area contributed by atoms with Crippen molar-refractivity contribution >= 4 is 29.9 Å². The largest absolute Gasteiger partial charge is 0.494 e. The van der Waals surface area contributed by atoms with E-state index in [9.17, 15) is 9.59 Å². The van der Waals surface area contributed by atoms with Crippen LogP contribution in [0, 0.1) is 0 Å². The van der Waals surface area contributed by atoms with Gasteiger partial charge in [0.25, 0.3) is 0 Å². The van der Waals surface area contributed by atoms with Gasteiger partial charge in [-0.3, -0.25) is 9.59 Å². The topological polar surface area (TPSA) is 93.5 Å². The van der Waals surface area contributed by atoms with Gasteiger partial charge in [-0.15, -0.1) is 12.4 Å². The summed E-state index contributed by atoms with van der Waals surface area (Å²) in [5.74, 6) is 0.0748. The molecule has 0 heterocycles. The van der Waals surface area contributed by atoms with E-state index in [0.29, 0.717) is 12.3 Å². The van der Waals surface area contributed by atoms with Crippen molar-refractivity contribution < 1.29 is 14.3 Å². The summed E-state index contributed by atoms with van der Waals surface area (Å²) in [5.41, 5.74) is 6.00. The van der Waals surface area contributed by atoms with Gasteiger partial charge >= 0.3 is 0 Å². The molecule has 0 aliphatic carbocycles. The lowest BCUT2D eigenvalue weighted by molar-refractivity contribution is -0.124. The molecule has 112 valence electrons. The maximum Gasteiger partial charge on any atom is 0.243 e. The third-order valence-electron chi connectivity index (χ3n) is 2.29. The summed E-state index contributed by atoms with van der Waals surface area (Å²) in [4.78, 5) is 22.7. The maximum absolute atomic E-state index is 11.6. The van der Waals surface area contributed by atoms with E-state index in [1.54, 1.807) is 31.2 Å². The molecule has 0 fully saturated rings. The Kier molecular flexibility index (Phi) is 8.35. The Bertz CT molecular complexity index is 435. The number of amides is 2. The molecular formula is C13H20ClN3O3. The van der Waals surface area contributed by atoms with Crippen LogP contribution in [0.3, 0.4) is 0 Å². The van der Waals surface area contributed by atoms with Gasteiger partial charge in [-0.1, -0.05) is 0 Å². The Balaban J connectivity index is 0.00000361. The molecule has 4 N–H and O–H groups in total. The smallest absolute Gasteiger partial charge is 0.243 e. The molecule has 6 nitrogen and oxygen atoms in total. The average molecular weight is 302 g/mol. The predicted molar refractivity (Wildman–Crippen MR) is 80.1 cm³/mol. The first kappa shape index (κ1) is 18.2. The summed E-state index contributed by atoms with van der Waals surface area (Å²) in [6.45, 7) is 3.94. The first-order valence-electron chi connectivity index (χ1n) is 6.09. The minimum absolute atomic E-state index is 0. The Labute approximate surface area is 124 Å². The summed E-state index contributed by atoms with van der Waals surface area (Å²) >= 11 is 0. The monoisotopic (exact) mass is 301 g/mol. The minimum atomic E-state index is -0.627. The molecule has 1 aromatic carbocycles. The molecule has 20 heavy (non-hydrogen) atoms. The van der Waals surface area contributed by atoms with Gasteiger partial charge in [-0.25, -0.2) is 0 Å². The molecule has 0 aliphatic rings. The number of hydrogen-bond acceptors (Lipinski definition) is 4. The molecule has 2 amide bonds. The average Bonchev–Trinajstić information content (AvgIpc) is 2.38. The van der Waals surface area contributed by atoms with Crippen LogP contribution in [0.1, 0.15) is 13.8 Å². The normalized spacial score (nSPS) is 10.9. The molecule has 0 spiro atoms. The highest BCUT2D eigenvalue weighted by Crippen LogP contribution is 2.15. The van der Waals surface area contributed by atoms with Gasteiger partial charge < -0.3 is 21.1 Å². The highest BCUT2D eigenvalue weighted by molar-refractivity contribution is 5.95. The van der Waals surface area contributed by atoms with Gasteiger partial charge in [0.2, 0.25) is 11.8 Å². The van der Waals surface area contributed by atoms with E-state index >= 15 is 0 Å². The zero-order valence-corrected chi connectivity index (χ0v) is 12.3. The number of anilines is 1. The number of hydrogen-bond donors (Lipinski definition) is 3. The standard InChI is InChI=1S/C13H19N3O3.ClH/c1-3-19-11-6-4-10(5-7-11)16-12(17)8-15-13(18)9(2)14;/h4-7,9H,3,8,14H2,1-2H3,(H,15,18)(H,16,17);1H/t9-;/m1./s1. The molecule has 0 radical (unpaired) electrons. The second kappa shape index (κ2) is 9.17. The summed E-state index contributed by atoms with van der Waals surface area (Å²) in [5, 5.41) is 5.09. The lowest BCUT2D eigenvalue weighted by atomic mass is 10.3. The van der Waals surface area contributed by atoms with Crippen LogP contribution >= 0.6 is 12.4 Å². The van der Waals surface area contributed by atoms with Crippen LogP contribution < -0.4 is 21.1 Å². The number of ether oxygens (including phenoxy) is 1. The van der Waals surface area contributed by atoms with Gasteiger partial charge in [0.15, 0.2) is 0 Å². The van der Waals surface area contributed by atoms with Crippen molar-refractivity contribution in [3.63, 3.8) is 0 Å². The fourth-order valence-corrected chi connectivity index (χ4v) is 1.33. The van der Waals surface area contributed by atoms with Crippen LogP contribution in [0.2, 0.25) is 0 Å². The summed E-state index contributed by atoms with van der Waals surface area (Å²) in [6, 6.07) is 6.37. The number of halogens is 1. The molecule has 1 rings (SSSR count). The highest BCUT2D eigenvalue weighted by Gasteiger charge is 2.09. The van der Waals surface area contributed by atoms with Crippen molar-refractivity contribution in [1.82, 2.24) is 5.32 Å². The van der Waals surface area contributed by atoms with Crippen molar-refractivity contribution in [1.29, 1.82) is 0 Å². The van der Waals surface area contributed by atoms with Crippen LogP contribution in [0.25, 0.3) is 0 Å². The molecule has 0 bridgehead atoms. The van der Waals surface area contributed by atoms with E-state index in [0.717, 1.165) is 5.75 Å². The second-order valence-corrected chi connectivity index (χ2v) is 4.01. The van der Waals surface area contributed by atoms with Crippen molar-refractivity contribution in [2.75, 3.05) is 18.5 Å².